The van der Waals surface area contributed by atoms with Crippen molar-refractivity contribution in [2.24, 2.45) is 11.8 Å². The number of rotatable bonds is 5. The zero-order chi connectivity index (χ0) is 21.2. The van der Waals surface area contributed by atoms with Gasteiger partial charge in [-0.25, -0.2) is 0 Å². The summed E-state index contributed by atoms with van der Waals surface area (Å²) in [6.07, 6.45) is 15.1. The van der Waals surface area contributed by atoms with Crippen LogP contribution in [-0.4, -0.2) is 58.5 Å². The van der Waals surface area contributed by atoms with Gasteiger partial charge in [-0.3, -0.25) is 14.4 Å². The van der Waals surface area contributed by atoms with E-state index in [2.05, 4.69) is 10.6 Å². The van der Waals surface area contributed by atoms with E-state index in [1.165, 1.54) is 6.42 Å². The molecule has 31 heavy (non-hydrogen) atoms. The van der Waals surface area contributed by atoms with Crippen LogP contribution in [0.5, 0.6) is 0 Å². The van der Waals surface area contributed by atoms with Crippen LogP contribution in [0.15, 0.2) is 12.2 Å². The summed E-state index contributed by atoms with van der Waals surface area (Å²) >= 11 is 0. The van der Waals surface area contributed by atoms with Crippen LogP contribution < -0.4 is 10.6 Å². The predicted molar refractivity (Wildman–Crippen MR) is 113 cm³/mol. The number of nitrogens with zero attached hydrogens (tertiary/aromatic N) is 1. The molecule has 168 valence electrons. The zero-order valence-electron chi connectivity index (χ0n) is 18.1. The first-order valence-corrected chi connectivity index (χ1v) is 12.4. The Hall–Kier alpha value is -1.89. The highest BCUT2D eigenvalue weighted by Crippen LogP contribution is 2.57. The summed E-state index contributed by atoms with van der Waals surface area (Å²) in [6, 6.07) is -0.179. The zero-order valence-corrected chi connectivity index (χ0v) is 18.1. The first-order chi connectivity index (χ1) is 15.1. The van der Waals surface area contributed by atoms with Gasteiger partial charge in [-0.2, -0.15) is 0 Å². The molecule has 7 nitrogen and oxygen atoms in total. The van der Waals surface area contributed by atoms with Gasteiger partial charge in [-0.1, -0.05) is 44.3 Å². The molecule has 0 aromatic rings. The van der Waals surface area contributed by atoms with E-state index in [9.17, 15) is 14.4 Å². The summed E-state index contributed by atoms with van der Waals surface area (Å²) in [5.74, 6) is -1.37. The number of carbonyl (C=O) groups excluding carboxylic acids is 3. The Morgan fingerprint density at radius 3 is 2.16 bits per heavy atom. The Kier molecular flexibility index (Phi) is 4.67. The highest BCUT2D eigenvalue weighted by molar-refractivity contribution is 6.00. The van der Waals surface area contributed by atoms with Gasteiger partial charge >= 0.3 is 0 Å². The molecule has 3 saturated carbocycles. The number of nitrogens with one attached hydrogen (secondary N) is 2. The van der Waals surface area contributed by atoms with E-state index in [-0.39, 0.29) is 35.8 Å². The standard InChI is InChI=1S/C24H33N3O4/c28-21(25-14-6-2-1-3-7-14)18-17-12-13-24(31-17)19(18)23(30)27(16-10-11-16)20(24)22(29)26-15-8-4-5-9-15/h12-20H,1-11H2,(H,25,28)(H,26,29)/t17-,18-,19+,20-,24+/m0/s1. The molecule has 2 bridgehead atoms. The minimum atomic E-state index is -0.998. The highest BCUT2D eigenvalue weighted by atomic mass is 16.5. The average molecular weight is 428 g/mol. The molecule has 2 N–H and O–H groups in total. The predicted octanol–water partition coefficient (Wildman–Crippen LogP) is 1.81. The van der Waals surface area contributed by atoms with E-state index >= 15 is 0 Å². The topological polar surface area (TPSA) is 87.7 Å². The molecular weight excluding hydrogens is 394 g/mol. The molecule has 3 heterocycles. The van der Waals surface area contributed by atoms with Gasteiger partial charge in [0.15, 0.2) is 0 Å². The Morgan fingerprint density at radius 1 is 0.903 bits per heavy atom. The van der Waals surface area contributed by atoms with E-state index in [0.717, 1.165) is 64.2 Å². The monoisotopic (exact) mass is 427 g/mol. The lowest BCUT2D eigenvalue weighted by Crippen LogP contribution is -2.56. The molecule has 5 fully saturated rings. The van der Waals surface area contributed by atoms with Gasteiger partial charge in [0.1, 0.15) is 11.6 Å². The van der Waals surface area contributed by atoms with E-state index in [0.29, 0.717) is 0 Å². The maximum atomic E-state index is 13.7. The third-order valence-electron chi connectivity index (χ3n) is 8.46. The summed E-state index contributed by atoms with van der Waals surface area (Å²) in [6.45, 7) is 0. The maximum Gasteiger partial charge on any atom is 0.246 e. The number of ether oxygens (including phenoxy) is 1. The first kappa shape index (κ1) is 19.8. The molecule has 3 aliphatic carbocycles. The number of hydrogen-bond acceptors (Lipinski definition) is 4. The molecule has 6 aliphatic rings. The molecule has 7 heteroatoms. The van der Waals surface area contributed by atoms with Crippen LogP contribution in [0.3, 0.4) is 0 Å². The number of carbonyl (C=O) groups is 3. The molecule has 6 rings (SSSR count). The van der Waals surface area contributed by atoms with Crippen molar-refractivity contribution in [3.8, 4) is 0 Å². The molecule has 5 atom stereocenters. The fourth-order valence-corrected chi connectivity index (χ4v) is 6.85. The second kappa shape index (κ2) is 7.32. The Labute approximate surface area is 183 Å². The van der Waals surface area contributed by atoms with Gasteiger partial charge in [-0.05, 0) is 38.5 Å². The van der Waals surface area contributed by atoms with Gasteiger partial charge in [0.05, 0.1) is 17.9 Å². The molecule has 0 aromatic carbocycles. The lowest BCUT2D eigenvalue weighted by Gasteiger charge is -2.33. The Balaban J connectivity index is 1.28. The lowest BCUT2D eigenvalue weighted by atomic mass is 9.74. The normalized spacial score (nSPS) is 39.9. The number of hydrogen-bond donors (Lipinski definition) is 2. The largest absolute Gasteiger partial charge is 0.359 e. The van der Waals surface area contributed by atoms with E-state index in [1.807, 2.05) is 12.2 Å². The van der Waals surface area contributed by atoms with E-state index in [4.69, 9.17) is 4.74 Å². The maximum absolute atomic E-state index is 13.7. The summed E-state index contributed by atoms with van der Waals surface area (Å²) in [7, 11) is 0. The Morgan fingerprint density at radius 2 is 1.52 bits per heavy atom. The quantitative estimate of drug-likeness (QED) is 0.655. The fourth-order valence-electron chi connectivity index (χ4n) is 6.85. The molecule has 2 saturated heterocycles. The van der Waals surface area contributed by atoms with Crippen LogP contribution in [0, 0.1) is 11.8 Å². The van der Waals surface area contributed by atoms with Gasteiger partial charge in [0.25, 0.3) is 0 Å². The van der Waals surface area contributed by atoms with Crippen molar-refractivity contribution >= 4 is 17.7 Å². The second-order valence-electron chi connectivity index (χ2n) is 10.5. The molecular formula is C24H33N3O4. The van der Waals surface area contributed by atoms with E-state index < -0.39 is 29.6 Å². The smallest absolute Gasteiger partial charge is 0.246 e. The summed E-state index contributed by atoms with van der Waals surface area (Å²) in [5.41, 5.74) is -0.998. The summed E-state index contributed by atoms with van der Waals surface area (Å²) in [4.78, 5) is 42.3. The number of amides is 3. The average Bonchev–Trinajstić information content (AvgIpc) is 3.11. The molecule has 0 aromatic heterocycles. The minimum absolute atomic E-state index is 0.0651. The second-order valence-corrected chi connectivity index (χ2v) is 10.5. The first-order valence-electron chi connectivity index (χ1n) is 12.4. The summed E-state index contributed by atoms with van der Waals surface area (Å²) < 4.78 is 6.39. The number of fused-ring (bicyclic) bond motifs is 1. The van der Waals surface area contributed by atoms with Crippen LogP contribution >= 0.6 is 0 Å². The van der Waals surface area contributed by atoms with Crippen LogP contribution in [0.1, 0.15) is 70.6 Å². The van der Waals surface area contributed by atoms with E-state index in [1.54, 1.807) is 4.90 Å². The third kappa shape index (κ3) is 3.06. The molecule has 3 aliphatic heterocycles. The van der Waals surface area contributed by atoms with Crippen LogP contribution in [-0.2, 0) is 19.1 Å². The van der Waals surface area contributed by atoms with Gasteiger partial charge < -0.3 is 20.3 Å². The van der Waals surface area contributed by atoms with Crippen molar-refractivity contribution in [2.45, 2.75) is 107 Å². The van der Waals surface area contributed by atoms with Crippen LogP contribution in [0.2, 0.25) is 0 Å². The lowest BCUT2D eigenvalue weighted by molar-refractivity contribution is -0.142. The molecule has 0 unspecified atom stereocenters. The van der Waals surface area contributed by atoms with Crippen molar-refractivity contribution < 1.29 is 19.1 Å². The highest BCUT2D eigenvalue weighted by Gasteiger charge is 2.74. The van der Waals surface area contributed by atoms with Gasteiger partial charge in [0.2, 0.25) is 17.7 Å². The van der Waals surface area contributed by atoms with Crippen molar-refractivity contribution in [1.82, 2.24) is 15.5 Å². The molecule has 1 spiro atoms. The molecule has 0 radical (unpaired) electrons. The van der Waals surface area contributed by atoms with Gasteiger partial charge in [-0.15, -0.1) is 0 Å². The SMILES string of the molecule is O=C(NC1CCCCC1)[C@H]1[C@@H]2C=C[C@]3(O2)[C@H](C(=O)NC2CCCC2)N(C2CC2)C(=O)[C@@H]13. The third-order valence-corrected chi connectivity index (χ3v) is 8.46. The number of likely N-dealkylation sites (tertiary alicyclic amines) is 1. The summed E-state index contributed by atoms with van der Waals surface area (Å²) in [5, 5.41) is 6.42. The fraction of sp³-hybridized carbons (Fsp3) is 0.792. The van der Waals surface area contributed by atoms with Crippen LogP contribution in [0.25, 0.3) is 0 Å². The van der Waals surface area contributed by atoms with Crippen molar-refractivity contribution in [3.05, 3.63) is 12.2 Å². The van der Waals surface area contributed by atoms with Crippen molar-refractivity contribution in [3.63, 3.8) is 0 Å². The van der Waals surface area contributed by atoms with Crippen molar-refractivity contribution in [2.75, 3.05) is 0 Å². The Bertz CT molecular complexity index is 812. The minimum Gasteiger partial charge on any atom is -0.359 e. The molecule has 3 amide bonds. The van der Waals surface area contributed by atoms with Gasteiger partial charge in [0, 0.05) is 18.1 Å². The van der Waals surface area contributed by atoms with Crippen molar-refractivity contribution in [1.29, 1.82) is 0 Å². The van der Waals surface area contributed by atoms with Crippen LogP contribution in [0.4, 0.5) is 0 Å².